The molecule has 0 fully saturated rings. The van der Waals surface area contributed by atoms with Crippen LogP contribution < -0.4 is 17.0 Å². The number of nitrogens with zero attached hydrogens (tertiary/aromatic N) is 1. The van der Waals surface area contributed by atoms with Crippen LogP contribution in [0.4, 0.5) is 0 Å². The van der Waals surface area contributed by atoms with Gasteiger partial charge in [-0.2, -0.15) is 4.57 Å². The third kappa shape index (κ3) is 2.50. The van der Waals surface area contributed by atoms with Crippen LogP contribution in [0.1, 0.15) is 10.6 Å². The molecule has 16 heavy (non-hydrogen) atoms. The molecule has 2 rings (SSSR count). The molecular weight excluding hydrogens is 373 g/mol. The van der Waals surface area contributed by atoms with Crippen molar-refractivity contribution >= 4 is 43.2 Å². The van der Waals surface area contributed by atoms with E-state index >= 15 is 0 Å². The second kappa shape index (κ2) is 5.63. The van der Waals surface area contributed by atoms with Crippen LogP contribution in [0.2, 0.25) is 0 Å². The van der Waals surface area contributed by atoms with Crippen molar-refractivity contribution < 1.29 is 17.0 Å². The number of rotatable bonds is 1. The molecule has 5 heteroatoms. The summed E-state index contributed by atoms with van der Waals surface area (Å²) in [6.07, 6.45) is 0. The molecule has 1 aromatic heterocycles. The highest BCUT2D eigenvalue weighted by Crippen LogP contribution is 2.26. The highest BCUT2D eigenvalue weighted by atomic mass is 79.9. The van der Waals surface area contributed by atoms with Crippen molar-refractivity contribution in [2.75, 3.05) is 0 Å². The van der Waals surface area contributed by atoms with Gasteiger partial charge in [0.1, 0.15) is 0 Å². The van der Waals surface area contributed by atoms with Crippen LogP contribution in [-0.2, 0) is 0 Å². The van der Waals surface area contributed by atoms with Crippen molar-refractivity contribution in [3.63, 3.8) is 0 Å². The van der Waals surface area contributed by atoms with Gasteiger partial charge in [0, 0.05) is 6.92 Å². The van der Waals surface area contributed by atoms with Gasteiger partial charge in [0.2, 0.25) is 11.2 Å². The van der Waals surface area contributed by atoms with Crippen molar-refractivity contribution in [1.82, 2.24) is 0 Å². The first-order chi connectivity index (χ1) is 7.11. The lowest BCUT2D eigenvalue weighted by Gasteiger charge is -2.00. The Labute approximate surface area is 122 Å². The van der Waals surface area contributed by atoms with E-state index in [9.17, 15) is 0 Å². The normalized spacial score (nSPS) is 10.0. The molecule has 2 aromatic rings. The molecule has 0 aliphatic carbocycles. The molecule has 0 saturated carbocycles. The van der Waals surface area contributed by atoms with E-state index in [1.54, 1.807) is 11.3 Å². The molecule has 1 nitrogen and oxygen atoms in total. The number of benzene rings is 1. The smallest absolute Gasteiger partial charge is 0.240 e. The van der Waals surface area contributed by atoms with Gasteiger partial charge >= 0.3 is 0 Å². The van der Waals surface area contributed by atoms with E-state index in [-0.39, 0.29) is 12.4 Å². The van der Waals surface area contributed by atoms with Gasteiger partial charge in [0.15, 0.2) is 5.69 Å². The fourth-order valence-electron chi connectivity index (χ4n) is 1.41. The van der Waals surface area contributed by atoms with Gasteiger partial charge in [0.05, 0.1) is 13.8 Å². The maximum atomic E-state index is 3.58. The van der Waals surface area contributed by atoms with Crippen molar-refractivity contribution in [1.29, 1.82) is 0 Å². The summed E-state index contributed by atoms with van der Waals surface area (Å²) in [5, 5.41) is 0. The molecule has 0 radical (unpaired) electrons. The summed E-state index contributed by atoms with van der Waals surface area (Å²) in [7, 11) is 0. The fourth-order valence-corrected chi connectivity index (χ4v) is 3.58. The van der Waals surface area contributed by atoms with Crippen LogP contribution in [0.25, 0.3) is 5.69 Å². The molecule has 0 amide bonds. The third-order valence-electron chi connectivity index (χ3n) is 2.38. The fraction of sp³-hybridized carbons (Fsp3) is 0.182. The first kappa shape index (κ1) is 14.2. The quantitative estimate of drug-likeness (QED) is 0.651. The Kier molecular flexibility index (Phi) is 4.98. The van der Waals surface area contributed by atoms with Crippen LogP contribution in [0.5, 0.6) is 0 Å². The Balaban J connectivity index is 0.00000128. The highest BCUT2D eigenvalue weighted by Gasteiger charge is 2.20. The largest absolute Gasteiger partial charge is 1.00 e. The van der Waals surface area contributed by atoms with Gasteiger partial charge in [-0.15, -0.1) is 0 Å². The Morgan fingerprint density at radius 1 is 1.12 bits per heavy atom. The number of para-hydroxylation sites is 1. The van der Waals surface area contributed by atoms with Crippen LogP contribution in [0.15, 0.2) is 32.7 Å². The second-order valence-electron chi connectivity index (χ2n) is 3.31. The Hall–Kier alpha value is 0.1000. The lowest BCUT2D eigenvalue weighted by Crippen LogP contribution is -3.00. The third-order valence-corrected chi connectivity index (χ3v) is 4.63. The summed E-state index contributed by atoms with van der Waals surface area (Å²) < 4.78 is 4.40. The number of halogens is 3. The van der Waals surface area contributed by atoms with Gasteiger partial charge in [-0.25, -0.2) is 0 Å². The Morgan fingerprint density at radius 2 is 1.69 bits per heavy atom. The molecule has 0 saturated heterocycles. The minimum atomic E-state index is 0. The summed E-state index contributed by atoms with van der Waals surface area (Å²) in [6.45, 7) is 4.28. The SMILES string of the molecule is Cc1sc[n+](-c2c(Br)cccc2Br)c1C.[Cl-]. The minimum absolute atomic E-state index is 0. The Bertz CT molecular complexity index is 490. The maximum Gasteiger partial charge on any atom is 0.240 e. The highest BCUT2D eigenvalue weighted by molar-refractivity contribution is 9.11. The predicted molar refractivity (Wildman–Crippen MR) is 70.7 cm³/mol. The van der Waals surface area contributed by atoms with Gasteiger partial charge in [-0.3, -0.25) is 0 Å². The summed E-state index contributed by atoms with van der Waals surface area (Å²) in [6, 6.07) is 6.13. The van der Waals surface area contributed by atoms with Gasteiger partial charge in [0.25, 0.3) is 0 Å². The first-order valence-corrected chi connectivity index (χ1v) is 6.98. The van der Waals surface area contributed by atoms with Crippen molar-refractivity contribution in [3.8, 4) is 5.69 Å². The summed E-state index contributed by atoms with van der Waals surface area (Å²) in [5.41, 5.74) is 4.59. The van der Waals surface area contributed by atoms with E-state index in [1.165, 1.54) is 16.3 Å². The van der Waals surface area contributed by atoms with E-state index in [0.29, 0.717) is 0 Å². The first-order valence-electron chi connectivity index (χ1n) is 4.52. The van der Waals surface area contributed by atoms with E-state index < -0.39 is 0 Å². The lowest BCUT2D eigenvalue weighted by molar-refractivity contribution is -0.598. The summed E-state index contributed by atoms with van der Waals surface area (Å²) in [4.78, 5) is 1.35. The van der Waals surface area contributed by atoms with Crippen LogP contribution in [0, 0.1) is 13.8 Å². The van der Waals surface area contributed by atoms with Crippen molar-refractivity contribution in [2.45, 2.75) is 13.8 Å². The lowest BCUT2D eigenvalue weighted by atomic mass is 10.3. The molecule has 0 unspecified atom stereocenters. The van der Waals surface area contributed by atoms with E-state index in [2.05, 4.69) is 67.9 Å². The van der Waals surface area contributed by atoms with Crippen LogP contribution >= 0.6 is 43.2 Å². The van der Waals surface area contributed by atoms with Crippen LogP contribution in [0.3, 0.4) is 0 Å². The average molecular weight is 384 g/mol. The molecule has 86 valence electrons. The molecule has 1 heterocycles. The maximum absolute atomic E-state index is 3.58. The Morgan fingerprint density at radius 3 is 2.12 bits per heavy atom. The van der Waals surface area contributed by atoms with Crippen molar-refractivity contribution in [2.24, 2.45) is 0 Å². The van der Waals surface area contributed by atoms with Crippen LogP contribution in [-0.4, -0.2) is 0 Å². The standard InChI is InChI=1S/C11H10Br2NS.ClH/c1-7-8(2)15-6-14(7)11-9(12)4-3-5-10(11)13;/h3-6H,1-2H3;1H/q+1;/p-1. The van der Waals surface area contributed by atoms with E-state index in [4.69, 9.17) is 0 Å². The molecule has 0 spiro atoms. The minimum Gasteiger partial charge on any atom is -1.00 e. The average Bonchev–Trinajstić information content (AvgIpc) is 2.49. The number of hydrogen-bond donors (Lipinski definition) is 0. The molecular formula is C11H10Br2ClNS. The second-order valence-corrected chi connectivity index (χ2v) is 6.07. The molecule has 0 aliphatic rings. The molecule has 0 bridgehead atoms. The zero-order chi connectivity index (χ0) is 11.0. The van der Waals surface area contributed by atoms with Crippen molar-refractivity contribution in [3.05, 3.63) is 43.2 Å². The zero-order valence-electron chi connectivity index (χ0n) is 8.80. The van der Waals surface area contributed by atoms with E-state index in [1.807, 2.05) is 6.07 Å². The summed E-state index contributed by atoms with van der Waals surface area (Å²) in [5.74, 6) is 0. The molecule has 0 atom stereocenters. The summed E-state index contributed by atoms with van der Waals surface area (Å²) >= 11 is 8.93. The predicted octanol–water partition coefficient (Wildman–Crippen LogP) is 1.17. The number of aromatic nitrogens is 1. The number of aryl methyl sites for hydroxylation is 1. The molecule has 0 aliphatic heterocycles. The topological polar surface area (TPSA) is 3.88 Å². The number of thiazole rings is 1. The van der Waals surface area contributed by atoms with Gasteiger partial charge in [-0.05, 0) is 50.9 Å². The van der Waals surface area contributed by atoms with Gasteiger partial charge < -0.3 is 12.4 Å². The monoisotopic (exact) mass is 381 g/mol. The van der Waals surface area contributed by atoms with Gasteiger partial charge in [-0.1, -0.05) is 17.4 Å². The zero-order valence-corrected chi connectivity index (χ0v) is 13.5. The molecule has 1 aromatic carbocycles. The number of hydrogen-bond acceptors (Lipinski definition) is 1. The molecule has 0 N–H and O–H groups in total. The van der Waals surface area contributed by atoms with E-state index in [0.717, 1.165) is 8.95 Å².